The molecule has 0 saturated carbocycles. The maximum Gasteiger partial charge on any atom is 0.165 e. The molecule has 2 aromatic rings. The maximum atomic E-state index is 13.2. The summed E-state index contributed by atoms with van der Waals surface area (Å²) in [6.07, 6.45) is 3.59. The lowest BCUT2D eigenvalue weighted by molar-refractivity contribution is 0.276. The first-order valence-electron chi connectivity index (χ1n) is 5.18. The summed E-state index contributed by atoms with van der Waals surface area (Å²) in [5.41, 5.74) is 0. The normalized spacial score (nSPS) is 10.4. The Bertz CT molecular complexity index is 468. The van der Waals surface area contributed by atoms with Gasteiger partial charge in [-0.05, 0) is 19.1 Å². The molecule has 1 aromatic heterocycles. The van der Waals surface area contributed by atoms with Gasteiger partial charge < -0.3 is 9.30 Å². The van der Waals surface area contributed by atoms with E-state index in [2.05, 4.69) is 4.98 Å². The quantitative estimate of drug-likeness (QED) is 0.792. The third-order valence-corrected chi connectivity index (χ3v) is 2.34. The molecular weight excluding hydrogens is 207 g/mol. The molecule has 0 saturated heterocycles. The topological polar surface area (TPSA) is 27.1 Å². The van der Waals surface area contributed by atoms with Gasteiger partial charge in [0.1, 0.15) is 12.4 Å². The second-order valence-electron chi connectivity index (χ2n) is 3.35. The Labute approximate surface area is 93.5 Å². The molecule has 0 amide bonds. The Balaban J connectivity index is 2.05. The minimum absolute atomic E-state index is 0.258. The molecule has 0 unspecified atom stereocenters. The monoisotopic (exact) mass is 220 g/mol. The number of hydrogen-bond acceptors (Lipinski definition) is 2. The van der Waals surface area contributed by atoms with Crippen molar-refractivity contribution in [3.63, 3.8) is 0 Å². The van der Waals surface area contributed by atoms with Crippen LogP contribution in [0.3, 0.4) is 0 Å². The van der Waals surface area contributed by atoms with Crippen molar-refractivity contribution >= 4 is 0 Å². The molecule has 3 nitrogen and oxygen atoms in total. The number of rotatable bonds is 4. The van der Waals surface area contributed by atoms with Gasteiger partial charge in [-0.2, -0.15) is 0 Å². The molecule has 0 fully saturated rings. The Morgan fingerprint density at radius 1 is 1.38 bits per heavy atom. The standard InChI is InChI=1S/C12H13FN2O/c1-2-15-8-7-14-12(15)9-16-11-6-4-3-5-10(11)13/h3-8H,2,9H2,1H3. The third-order valence-electron chi connectivity index (χ3n) is 2.34. The van der Waals surface area contributed by atoms with E-state index in [1.54, 1.807) is 24.4 Å². The van der Waals surface area contributed by atoms with Crippen LogP contribution < -0.4 is 4.74 Å². The molecule has 4 heteroatoms. The van der Waals surface area contributed by atoms with E-state index in [4.69, 9.17) is 4.74 Å². The minimum Gasteiger partial charge on any atom is -0.483 e. The predicted molar refractivity (Wildman–Crippen MR) is 58.6 cm³/mol. The summed E-state index contributed by atoms with van der Waals surface area (Å²) in [5.74, 6) is 0.705. The number of hydrogen-bond donors (Lipinski definition) is 0. The van der Waals surface area contributed by atoms with Crippen LogP contribution in [0.15, 0.2) is 36.7 Å². The smallest absolute Gasteiger partial charge is 0.165 e. The Morgan fingerprint density at radius 2 is 2.19 bits per heavy atom. The van der Waals surface area contributed by atoms with Gasteiger partial charge in [-0.3, -0.25) is 0 Å². The molecule has 2 rings (SSSR count). The third kappa shape index (κ3) is 2.21. The summed E-state index contributed by atoms with van der Waals surface area (Å²) >= 11 is 0. The summed E-state index contributed by atoms with van der Waals surface area (Å²) in [6, 6.07) is 6.36. The molecule has 0 aliphatic heterocycles. The van der Waals surface area contributed by atoms with Crippen molar-refractivity contribution in [2.45, 2.75) is 20.1 Å². The zero-order valence-electron chi connectivity index (χ0n) is 9.06. The van der Waals surface area contributed by atoms with Crippen molar-refractivity contribution in [2.75, 3.05) is 0 Å². The van der Waals surface area contributed by atoms with Crippen molar-refractivity contribution in [3.8, 4) is 5.75 Å². The second-order valence-corrected chi connectivity index (χ2v) is 3.35. The Morgan fingerprint density at radius 3 is 2.94 bits per heavy atom. The van der Waals surface area contributed by atoms with Crippen LogP contribution in [0.4, 0.5) is 4.39 Å². The number of aryl methyl sites for hydroxylation is 1. The Hall–Kier alpha value is -1.84. The van der Waals surface area contributed by atoms with E-state index in [0.717, 1.165) is 12.4 Å². The lowest BCUT2D eigenvalue weighted by Crippen LogP contribution is -2.05. The summed E-state index contributed by atoms with van der Waals surface area (Å²) in [5, 5.41) is 0. The zero-order chi connectivity index (χ0) is 11.4. The summed E-state index contributed by atoms with van der Waals surface area (Å²) in [6.45, 7) is 3.13. The van der Waals surface area contributed by atoms with Crippen LogP contribution in [0, 0.1) is 5.82 Å². The number of ether oxygens (including phenoxy) is 1. The molecular formula is C12H13FN2O. The molecule has 84 valence electrons. The summed E-state index contributed by atoms with van der Waals surface area (Å²) < 4.78 is 20.6. The van der Waals surface area contributed by atoms with Gasteiger partial charge in [0.05, 0.1) is 0 Å². The van der Waals surface area contributed by atoms with Gasteiger partial charge in [-0.15, -0.1) is 0 Å². The number of benzene rings is 1. The van der Waals surface area contributed by atoms with Gasteiger partial charge >= 0.3 is 0 Å². The molecule has 0 aliphatic rings. The molecule has 0 radical (unpaired) electrons. The van der Waals surface area contributed by atoms with E-state index in [1.165, 1.54) is 6.07 Å². The fraction of sp³-hybridized carbons (Fsp3) is 0.250. The van der Waals surface area contributed by atoms with E-state index in [1.807, 2.05) is 17.7 Å². The molecule has 16 heavy (non-hydrogen) atoms. The highest BCUT2D eigenvalue weighted by Gasteiger charge is 2.05. The largest absolute Gasteiger partial charge is 0.483 e. The minimum atomic E-state index is -0.350. The average molecular weight is 220 g/mol. The number of nitrogens with zero attached hydrogens (tertiary/aromatic N) is 2. The molecule has 0 atom stereocenters. The molecule has 0 bridgehead atoms. The van der Waals surface area contributed by atoms with Gasteiger partial charge in [-0.1, -0.05) is 12.1 Å². The van der Waals surface area contributed by atoms with Crippen molar-refractivity contribution in [1.82, 2.24) is 9.55 Å². The van der Waals surface area contributed by atoms with Crippen LogP contribution in [0.1, 0.15) is 12.7 Å². The molecule has 0 aliphatic carbocycles. The maximum absolute atomic E-state index is 13.2. The molecule has 1 heterocycles. The van der Waals surface area contributed by atoms with Crippen LogP contribution in [0.25, 0.3) is 0 Å². The molecule has 1 aromatic carbocycles. The van der Waals surface area contributed by atoms with Crippen molar-refractivity contribution < 1.29 is 9.13 Å². The van der Waals surface area contributed by atoms with Crippen LogP contribution >= 0.6 is 0 Å². The highest BCUT2D eigenvalue weighted by molar-refractivity contribution is 5.23. The van der Waals surface area contributed by atoms with Gasteiger partial charge in [0.25, 0.3) is 0 Å². The van der Waals surface area contributed by atoms with Crippen molar-refractivity contribution in [3.05, 3.63) is 48.3 Å². The molecule has 0 spiro atoms. The van der Waals surface area contributed by atoms with E-state index in [-0.39, 0.29) is 18.2 Å². The second kappa shape index (κ2) is 4.79. The van der Waals surface area contributed by atoms with Crippen LogP contribution in [0.2, 0.25) is 0 Å². The fourth-order valence-corrected chi connectivity index (χ4v) is 1.47. The van der Waals surface area contributed by atoms with Gasteiger partial charge in [0.15, 0.2) is 11.6 Å². The SMILES string of the molecule is CCn1ccnc1COc1ccccc1F. The zero-order valence-corrected chi connectivity index (χ0v) is 9.06. The number of para-hydroxylation sites is 1. The number of imidazole rings is 1. The van der Waals surface area contributed by atoms with Crippen molar-refractivity contribution in [2.24, 2.45) is 0 Å². The average Bonchev–Trinajstić information content (AvgIpc) is 2.75. The number of halogens is 1. The van der Waals surface area contributed by atoms with E-state index >= 15 is 0 Å². The Kier molecular flexibility index (Phi) is 3.19. The van der Waals surface area contributed by atoms with Crippen LogP contribution in [-0.2, 0) is 13.2 Å². The summed E-state index contributed by atoms with van der Waals surface area (Å²) in [7, 11) is 0. The first-order valence-corrected chi connectivity index (χ1v) is 5.18. The van der Waals surface area contributed by atoms with E-state index < -0.39 is 0 Å². The lowest BCUT2D eigenvalue weighted by atomic mass is 10.3. The van der Waals surface area contributed by atoms with E-state index in [0.29, 0.717) is 0 Å². The number of aromatic nitrogens is 2. The molecule has 0 N–H and O–H groups in total. The van der Waals surface area contributed by atoms with E-state index in [9.17, 15) is 4.39 Å². The lowest BCUT2D eigenvalue weighted by Gasteiger charge is -2.07. The summed E-state index contributed by atoms with van der Waals surface area (Å²) in [4.78, 5) is 4.15. The van der Waals surface area contributed by atoms with Gasteiger partial charge in [-0.25, -0.2) is 9.37 Å². The van der Waals surface area contributed by atoms with Gasteiger partial charge in [0.2, 0.25) is 0 Å². The first-order chi connectivity index (χ1) is 7.81. The van der Waals surface area contributed by atoms with Crippen LogP contribution in [0.5, 0.6) is 5.75 Å². The van der Waals surface area contributed by atoms with Crippen LogP contribution in [-0.4, -0.2) is 9.55 Å². The highest BCUT2D eigenvalue weighted by Crippen LogP contribution is 2.16. The predicted octanol–water partition coefficient (Wildman–Crippen LogP) is 2.62. The highest BCUT2D eigenvalue weighted by atomic mass is 19.1. The van der Waals surface area contributed by atoms with Crippen molar-refractivity contribution in [1.29, 1.82) is 0 Å². The fourth-order valence-electron chi connectivity index (χ4n) is 1.47. The first kappa shape index (κ1) is 10.7. The van der Waals surface area contributed by atoms with Gasteiger partial charge in [0, 0.05) is 18.9 Å².